The standard InChI is InChI=1S/C15H21N3O/c1-3-6-11(10-16)17-13-9-15(19)18(2)14-8-5-4-7-12(13)14/h4-5,7-9,11,17H,3,6,10,16H2,1-2H3. The number of rotatable bonds is 5. The van der Waals surface area contributed by atoms with Gasteiger partial charge in [-0.15, -0.1) is 0 Å². The molecule has 4 heteroatoms. The van der Waals surface area contributed by atoms with E-state index in [1.54, 1.807) is 17.7 Å². The zero-order valence-corrected chi connectivity index (χ0v) is 11.5. The van der Waals surface area contributed by atoms with E-state index in [0.717, 1.165) is 29.4 Å². The number of hydrogen-bond donors (Lipinski definition) is 2. The molecule has 19 heavy (non-hydrogen) atoms. The van der Waals surface area contributed by atoms with Crippen LogP contribution in [0.5, 0.6) is 0 Å². The number of aryl methyl sites for hydroxylation is 1. The number of nitrogens with two attached hydrogens (primary N) is 1. The fourth-order valence-corrected chi connectivity index (χ4v) is 2.35. The molecule has 0 bridgehead atoms. The number of fused-ring (bicyclic) bond motifs is 1. The van der Waals surface area contributed by atoms with Gasteiger partial charge in [0.2, 0.25) is 0 Å². The summed E-state index contributed by atoms with van der Waals surface area (Å²) in [5, 5.41) is 4.46. The van der Waals surface area contributed by atoms with Crippen LogP contribution >= 0.6 is 0 Å². The lowest BCUT2D eigenvalue weighted by Gasteiger charge is -2.19. The number of nitrogens with zero attached hydrogens (tertiary/aromatic N) is 1. The van der Waals surface area contributed by atoms with E-state index in [9.17, 15) is 4.79 Å². The van der Waals surface area contributed by atoms with Crippen LogP contribution in [0.2, 0.25) is 0 Å². The van der Waals surface area contributed by atoms with Crippen molar-refractivity contribution in [3.8, 4) is 0 Å². The molecule has 1 aromatic carbocycles. The third-order valence-corrected chi connectivity index (χ3v) is 3.44. The van der Waals surface area contributed by atoms with Crippen molar-refractivity contribution in [2.45, 2.75) is 25.8 Å². The van der Waals surface area contributed by atoms with E-state index in [-0.39, 0.29) is 11.6 Å². The van der Waals surface area contributed by atoms with Gasteiger partial charge in [0.15, 0.2) is 0 Å². The summed E-state index contributed by atoms with van der Waals surface area (Å²) in [6.45, 7) is 2.70. The van der Waals surface area contributed by atoms with Gasteiger partial charge in [-0.3, -0.25) is 4.79 Å². The number of anilines is 1. The second kappa shape index (κ2) is 5.89. The molecule has 0 fully saturated rings. The Bertz CT molecular complexity index is 618. The van der Waals surface area contributed by atoms with Crippen LogP contribution in [0.3, 0.4) is 0 Å². The van der Waals surface area contributed by atoms with Gasteiger partial charge in [-0.05, 0) is 12.5 Å². The molecule has 0 aliphatic rings. The molecule has 1 aromatic heterocycles. The Morgan fingerprint density at radius 2 is 2.11 bits per heavy atom. The van der Waals surface area contributed by atoms with Crippen LogP contribution in [0.25, 0.3) is 10.9 Å². The molecule has 0 amide bonds. The Labute approximate surface area is 113 Å². The summed E-state index contributed by atoms with van der Waals surface area (Å²) >= 11 is 0. The molecule has 0 aliphatic heterocycles. The Kier molecular flexibility index (Phi) is 4.22. The molecular formula is C15H21N3O. The number of nitrogens with one attached hydrogen (secondary N) is 1. The van der Waals surface area contributed by atoms with Crippen LogP contribution in [0, 0.1) is 0 Å². The Morgan fingerprint density at radius 1 is 1.37 bits per heavy atom. The predicted molar refractivity (Wildman–Crippen MR) is 80.6 cm³/mol. The minimum Gasteiger partial charge on any atom is -0.380 e. The highest BCUT2D eigenvalue weighted by atomic mass is 16.1. The van der Waals surface area contributed by atoms with Crippen LogP contribution in [0.1, 0.15) is 19.8 Å². The fraction of sp³-hybridized carbons (Fsp3) is 0.400. The maximum Gasteiger partial charge on any atom is 0.252 e. The molecule has 0 saturated heterocycles. The first-order valence-electron chi connectivity index (χ1n) is 6.72. The van der Waals surface area contributed by atoms with Gasteiger partial charge >= 0.3 is 0 Å². The van der Waals surface area contributed by atoms with Crippen molar-refractivity contribution in [1.29, 1.82) is 0 Å². The van der Waals surface area contributed by atoms with E-state index >= 15 is 0 Å². The van der Waals surface area contributed by atoms with Crippen molar-refractivity contribution in [2.75, 3.05) is 11.9 Å². The van der Waals surface area contributed by atoms with E-state index in [1.165, 1.54) is 0 Å². The van der Waals surface area contributed by atoms with Gasteiger partial charge in [-0.25, -0.2) is 0 Å². The number of para-hydroxylation sites is 1. The van der Waals surface area contributed by atoms with E-state index < -0.39 is 0 Å². The Balaban J connectivity index is 2.48. The van der Waals surface area contributed by atoms with Crippen LogP contribution < -0.4 is 16.6 Å². The minimum atomic E-state index is -0.00605. The molecule has 4 nitrogen and oxygen atoms in total. The van der Waals surface area contributed by atoms with E-state index in [0.29, 0.717) is 6.54 Å². The van der Waals surface area contributed by atoms with Gasteiger partial charge in [0, 0.05) is 36.8 Å². The molecule has 1 atom stereocenters. The normalized spacial score (nSPS) is 12.6. The number of aromatic nitrogens is 1. The number of hydrogen-bond acceptors (Lipinski definition) is 3. The van der Waals surface area contributed by atoms with Crippen LogP contribution in [-0.2, 0) is 7.05 Å². The molecule has 1 unspecified atom stereocenters. The average Bonchev–Trinajstić information content (AvgIpc) is 2.44. The fourth-order valence-electron chi connectivity index (χ4n) is 2.35. The lowest BCUT2D eigenvalue weighted by atomic mass is 10.1. The Morgan fingerprint density at radius 3 is 2.79 bits per heavy atom. The second-order valence-electron chi connectivity index (χ2n) is 4.84. The van der Waals surface area contributed by atoms with E-state index in [4.69, 9.17) is 5.73 Å². The molecule has 0 radical (unpaired) electrons. The van der Waals surface area contributed by atoms with Crippen LogP contribution in [0.4, 0.5) is 5.69 Å². The quantitative estimate of drug-likeness (QED) is 0.864. The van der Waals surface area contributed by atoms with Crippen molar-refractivity contribution in [2.24, 2.45) is 12.8 Å². The zero-order chi connectivity index (χ0) is 13.8. The molecule has 2 aromatic rings. The maximum absolute atomic E-state index is 12.0. The van der Waals surface area contributed by atoms with E-state index in [1.807, 2.05) is 24.3 Å². The largest absolute Gasteiger partial charge is 0.380 e. The topological polar surface area (TPSA) is 60.0 Å². The summed E-state index contributed by atoms with van der Waals surface area (Å²) in [6, 6.07) is 9.77. The summed E-state index contributed by atoms with van der Waals surface area (Å²) in [4.78, 5) is 12.0. The highest BCUT2D eigenvalue weighted by Gasteiger charge is 2.10. The minimum absolute atomic E-state index is 0.00605. The maximum atomic E-state index is 12.0. The SMILES string of the molecule is CCCC(CN)Nc1cc(=O)n(C)c2ccccc12. The molecule has 3 N–H and O–H groups in total. The summed E-state index contributed by atoms with van der Waals surface area (Å²) in [6.07, 6.45) is 2.07. The summed E-state index contributed by atoms with van der Waals surface area (Å²) < 4.78 is 1.66. The van der Waals surface area contributed by atoms with Crippen LogP contribution in [0.15, 0.2) is 35.1 Å². The first-order chi connectivity index (χ1) is 9.17. The summed E-state index contributed by atoms with van der Waals surface area (Å²) in [5.41, 5.74) is 7.58. The monoisotopic (exact) mass is 259 g/mol. The molecule has 2 rings (SSSR count). The third-order valence-electron chi connectivity index (χ3n) is 3.44. The first kappa shape index (κ1) is 13.6. The van der Waals surface area contributed by atoms with Gasteiger partial charge in [-0.1, -0.05) is 31.5 Å². The van der Waals surface area contributed by atoms with Gasteiger partial charge in [0.05, 0.1) is 5.52 Å². The van der Waals surface area contributed by atoms with Crippen molar-refractivity contribution in [3.63, 3.8) is 0 Å². The molecule has 0 aliphatic carbocycles. The highest BCUT2D eigenvalue weighted by molar-refractivity contribution is 5.91. The van der Waals surface area contributed by atoms with Crippen molar-refractivity contribution < 1.29 is 0 Å². The molecule has 0 saturated carbocycles. The van der Waals surface area contributed by atoms with Crippen molar-refractivity contribution in [1.82, 2.24) is 4.57 Å². The Hall–Kier alpha value is -1.81. The third kappa shape index (κ3) is 2.79. The van der Waals surface area contributed by atoms with Crippen molar-refractivity contribution >= 4 is 16.6 Å². The van der Waals surface area contributed by atoms with E-state index in [2.05, 4.69) is 12.2 Å². The molecule has 1 heterocycles. The van der Waals surface area contributed by atoms with Crippen LogP contribution in [-0.4, -0.2) is 17.2 Å². The highest BCUT2D eigenvalue weighted by Crippen LogP contribution is 2.21. The van der Waals surface area contributed by atoms with Crippen molar-refractivity contribution in [3.05, 3.63) is 40.7 Å². The molecule has 0 spiro atoms. The molecule has 102 valence electrons. The van der Waals surface area contributed by atoms with Gasteiger partial charge < -0.3 is 15.6 Å². The van der Waals surface area contributed by atoms with Gasteiger partial charge in [0.1, 0.15) is 0 Å². The second-order valence-corrected chi connectivity index (χ2v) is 4.84. The van der Waals surface area contributed by atoms with Gasteiger partial charge in [-0.2, -0.15) is 0 Å². The molecular weight excluding hydrogens is 238 g/mol. The summed E-state index contributed by atoms with van der Waals surface area (Å²) in [7, 11) is 1.79. The number of benzene rings is 1. The average molecular weight is 259 g/mol. The predicted octanol–water partition coefficient (Wildman–Crippen LogP) is 2.08. The van der Waals surface area contributed by atoms with Gasteiger partial charge in [0.25, 0.3) is 5.56 Å². The smallest absolute Gasteiger partial charge is 0.252 e. The summed E-state index contributed by atoms with van der Waals surface area (Å²) in [5.74, 6) is 0. The lowest BCUT2D eigenvalue weighted by Crippen LogP contribution is -2.29. The first-order valence-corrected chi connectivity index (χ1v) is 6.72. The zero-order valence-electron chi connectivity index (χ0n) is 11.5. The number of pyridine rings is 1. The lowest BCUT2D eigenvalue weighted by molar-refractivity contribution is 0.648.